The zero-order chi connectivity index (χ0) is 12.3. The van der Waals surface area contributed by atoms with E-state index in [-0.39, 0.29) is 0 Å². The molecule has 2 aromatic rings. The lowest BCUT2D eigenvalue weighted by Crippen LogP contribution is -2.06. The van der Waals surface area contributed by atoms with Crippen LogP contribution in [-0.2, 0) is 4.74 Å². The molecular weight excluding hydrogens is 236 g/mol. The average Bonchev–Trinajstić information content (AvgIpc) is 2.73. The van der Waals surface area contributed by atoms with Gasteiger partial charge in [-0.15, -0.1) is 11.3 Å². The summed E-state index contributed by atoms with van der Waals surface area (Å²) in [5, 5.41) is 0.828. The Labute approximate surface area is 103 Å². The smallest absolute Gasteiger partial charge is 0.358 e. The fourth-order valence-corrected chi connectivity index (χ4v) is 2.32. The van der Waals surface area contributed by atoms with E-state index in [0.717, 1.165) is 15.6 Å². The third-order valence-electron chi connectivity index (χ3n) is 2.10. The number of thiazole rings is 1. The maximum Gasteiger partial charge on any atom is 0.358 e. The number of hydrogen-bond donors (Lipinski definition) is 0. The van der Waals surface area contributed by atoms with Crippen molar-refractivity contribution in [2.75, 3.05) is 6.61 Å². The predicted octanol–water partition coefficient (Wildman–Crippen LogP) is 2.69. The van der Waals surface area contributed by atoms with E-state index in [2.05, 4.69) is 9.97 Å². The molecule has 17 heavy (non-hydrogen) atoms. The maximum absolute atomic E-state index is 11.7. The molecule has 0 radical (unpaired) electrons. The molecule has 0 amide bonds. The standard InChI is InChI=1S/C12H12N2O2S/c1-3-16-12(15)10-11(17-8(2)14-10)9-6-4-5-7-13-9/h4-7H,3H2,1-2H3. The van der Waals surface area contributed by atoms with Crippen LogP contribution < -0.4 is 0 Å². The van der Waals surface area contributed by atoms with Gasteiger partial charge < -0.3 is 4.74 Å². The minimum atomic E-state index is -0.391. The second-order valence-corrected chi connectivity index (χ2v) is 4.55. The SMILES string of the molecule is CCOC(=O)c1nc(C)sc1-c1ccccn1. The van der Waals surface area contributed by atoms with Gasteiger partial charge in [0, 0.05) is 6.20 Å². The van der Waals surface area contributed by atoms with Crippen molar-refractivity contribution in [3.63, 3.8) is 0 Å². The van der Waals surface area contributed by atoms with Crippen molar-refractivity contribution < 1.29 is 9.53 Å². The number of rotatable bonds is 3. The van der Waals surface area contributed by atoms with Crippen LogP contribution in [-0.4, -0.2) is 22.5 Å². The first kappa shape index (κ1) is 11.7. The lowest BCUT2D eigenvalue weighted by molar-refractivity contribution is 0.0521. The highest BCUT2D eigenvalue weighted by molar-refractivity contribution is 7.15. The summed E-state index contributed by atoms with van der Waals surface area (Å²) in [6.45, 7) is 3.98. The summed E-state index contributed by atoms with van der Waals surface area (Å²) in [5.41, 5.74) is 1.11. The minimum absolute atomic E-state index is 0.344. The van der Waals surface area contributed by atoms with Crippen molar-refractivity contribution in [3.8, 4) is 10.6 Å². The Morgan fingerprint density at radius 1 is 1.47 bits per heavy atom. The molecule has 0 aliphatic carbocycles. The van der Waals surface area contributed by atoms with Crippen LogP contribution in [0.4, 0.5) is 0 Å². The first-order chi connectivity index (χ1) is 8.22. The van der Waals surface area contributed by atoms with Crippen molar-refractivity contribution in [2.45, 2.75) is 13.8 Å². The van der Waals surface area contributed by atoms with Gasteiger partial charge in [0.2, 0.25) is 0 Å². The van der Waals surface area contributed by atoms with Crippen molar-refractivity contribution in [1.29, 1.82) is 0 Å². The van der Waals surface area contributed by atoms with E-state index in [4.69, 9.17) is 4.74 Å². The molecule has 0 N–H and O–H groups in total. The molecule has 4 nitrogen and oxygen atoms in total. The second-order valence-electron chi connectivity index (χ2n) is 3.35. The zero-order valence-corrected chi connectivity index (χ0v) is 10.5. The third kappa shape index (κ3) is 2.50. The zero-order valence-electron chi connectivity index (χ0n) is 9.64. The van der Waals surface area contributed by atoms with Gasteiger partial charge in [0.05, 0.1) is 22.2 Å². The highest BCUT2D eigenvalue weighted by Gasteiger charge is 2.19. The molecule has 2 aromatic heterocycles. The molecule has 0 unspecified atom stereocenters. The van der Waals surface area contributed by atoms with Gasteiger partial charge in [-0.25, -0.2) is 9.78 Å². The van der Waals surface area contributed by atoms with Gasteiger partial charge in [-0.2, -0.15) is 0 Å². The van der Waals surface area contributed by atoms with Crippen LogP contribution in [0, 0.1) is 6.92 Å². The largest absolute Gasteiger partial charge is 0.461 e. The van der Waals surface area contributed by atoms with E-state index in [9.17, 15) is 4.79 Å². The highest BCUT2D eigenvalue weighted by atomic mass is 32.1. The number of hydrogen-bond acceptors (Lipinski definition) is 5. The Bertz CT molecular complexity index is 523. The summed E-state index contributed by atoms with van der Waals surface area (Å²) in [5.74, 6) is -0.391. The van der Waals surface area contributed by atoms with Gasteiger partial charge in [-0.1, -0.05) is 6.07 Å². The van der Waals surface area contributed by atoms with Gasteiger partial charge >= 0.3 is 5.97 Å². The normalized spacial score (nSPS) is 10.2. The molecule has 0 spiro atoms. The lowest BCUT2D eigenvalue weighted by Gasteiger charge is -2.01. The van der Waals surface area contributed by atoms with Crippen LogP contribution >= 0.6 is 11.3 Å². The first-order valence-electron chi connectivity index (χ1n) is 5.28. The summed E-state index contributed by atoms with van der Waals surface area (Å²) < 4.78 is 4.98. The van der Waals surface area contributed by atoms with Crippen LogP contribution in [0.15, 0.2) is 24.4 Å². The Kier molecular flexibility index (Phi) is 3.49. The summed E-state index contributed by atoms with van der Waals surface area (Å²) in [6.07, 6.45) is 1.69. The molecule has 2 rings (SSSR count). The fourth-order valence-electron chi connectivity index (χ4n) is 1.44. The Balaban J connectivity index is 2.44. The molecule has 0 aliphatic heterocycles. The van der Waals surface area contributed by atoms with E-state index in [1.54, 1.807) is 13.1 Å². The fraction of sp³-hybridized carbons (Fsp3) is 0.250. The molecule has 2 heterocycles. The van der Waals surface area contributed by atoms with E-state index in [1.165, 1.54) is 11.3 Å². The van der Waals surface area contributed by atoms with Gasteiger partial charge in [-0.3, -0.25) is 4.98 Å². The maximum atomic E-state index is 11.7. The third-order valence-corrected chi connectivity index (χ3v) is 3.09. The van der Waals surface area contributed by atoms with Gasteiger partial charge in [-0.05, 0) is 26.0 Å². The number of nitrogens with zero attached hydrogens (tertiary/aromatic N) is 2. The molecule has 0 saturated carbocycles. The monoisotopic (exact) mass is 248 g/mol. The van der Waals surface area contributed by atoms with Crippen LogP contribution in [0.5, 0.6) is 0 Å². The number of esters is 1. The Hall–Kier alpha value is -1.75. The molecular formula is C12H12N2O2S. The average molecular weight is 248 g/mol. The number of carbonyl (C=O) groups is 1. The molecule has 0 aromatic carbocycles. The Morgan fingerprint density at radius 2 is 2.29 bits per heavy atom. The summed E-state index contributed by atoms with van der Waals surface area (Å²) in [6, 6.07) is 5.57. The topological polar surface area (TPSA) is 52.1 Å². The quantitative estimate of drug-likeness (QED) is 0.784. The van der Waals surface area contributed by atoms with Crippen LogP contribution in [0.1, 0.15) is 22.4 Å². The second kappa shape index (κ2) is 5.05. The lowest BCUT2D eigenvalue weighted by atomic mass is 10.2. The molecule has 0 bridgehead atoms. The van der Waals surface area contributed by atoms with E-state index < -0.39 is 5.97 Å². The van der Waals surface area contributed by atoms with Crippen LogP contribution in [0.3, 0.4) is 0 Å². The number of carbonyl (C=O) groups excluding carboxylic acids is 1. The molecule has 88 valence electrons. The minimum Gasteiger partial charge on any atom is -0.461 e. The first-order valence-corrected chi connectivity index (χ1v) is 6.10. The number of aryl methyl sites for hydroxylation is 1. The van der Waals surface area contributed by atoms with Crippen molar-refractivity contribution in [3.05, 3.63) is 35.1 Å². The van der Waals surface area contributed by atoms with Crippen molar-refractivity contribution >= 4 is 17.3 Å². The van der Waals surface area contributed by atoms with Crippen LogP contribution in [0.2, 0.25) is 0 Å². The van der Waals surface area contributed by atoms with E-state index >= 15 is 0 Å². The van der Waals surface area contributed by atoms with Crippen molar-refractivity contribution in [1.82, 2.24) is 9.97 Å². The van der Waals surface area contributed by atoms with Gasteiger partial charge in [0.15, 0.2) is 5.69 Å². The van der Waals surface area contributed by atoms with Gasteiger partial charge in [0.1, 0.15) is 0 Å². The van der Waals surface area contributed by atoms with Crippen LogP contribution in [0.25, 0.3) is 10.6 Å². The highest BCUT2D eigenvalue weighted by Crippen LogP contribution is 2.28. The molecule has 0 aliphatic rings. The Morgan fingerprint density at radius 3 is 2.94 bits per heavy atom. The molecule has 0 saturated heterocycles. The number of pyridine rings is 1. The van der Waals surface area contributed by atoms with E-state index in [1.807, 2.05) is 25.1 Å². The predicted molar refractivity (Wildman–Crippen MR) is 66.0 cm³/mol. The number of aromatic nitrogens is 2. The molecule has 5 heteroatoms. The number of ether oxygens (including phenoxy) is 1. The molecule has 0 fully saturated rings. The summed E-state index contributed by atoms with van der Waals surface area (Å²) in [4.78, 5) is 20.9. The summed E-state index contributed by atoms with van der Waals surface area (Å²) in [7, 11) is 0. The molecule has 0 atom stereocenters. The van der Waals surface area contributed by atoms with Crippen molar-refractivity contribution in [2.24, 2.45) is 0 Å². The van der Waals surface area contributed by atoms with E-state index in [0.29, 0.717) is 12.3 Å². The van der Waals surface area contributed by atoms with Gasteiger partial charge in [0.25, 0.3) is 0 Å². The summed E-state index contributed by atoms with van der Waals surface area (Å²) >= 11 is 1.45.